The molecular formula is C13H14ClN3O3S2. The van der Waals surface area contributed by atoms with Gasteiger partial charge in [0.15, 0.2) is 9.34 Å². The van der Waals surface area contributed by atoms with Gasteiger partial charge < -0.3 is 9.64 Å². The molecule has 0 saturated carbocycles. The number of sulfonamides is 1. The van der Waals surface area contributed by atoms with Gasteiger partial charge in [0.25, 0.3) is 0 Å². The molecule has 1 unspecified atom stereocenters. The Bertz CT molecular complexity index is 778. The number of nitrogens with zero attached hydrogens (tertiary/aromatic N) is 2. The van der Waals surface area contributed by atoms with Crippen molar-refractivity contribution in [2.24, 2.45) is 5.14 Å². The predicted molar refractivity (Wildman–Crippen MR) is 86.2 cm³/mol. The molecule has 0 aliphatic carbocycles. The van der Waals surface area contributed by atoms with E-state index in [1.54, 1.807) is 12.1 Å². The van der Waals surface area contributed by atoms with E-state index in [-0.39, 0.29) is 10.3 Å². The summed E-state index contributed by atoms with van der Waals surface area (Å²) in [5, 5.41) is 6.37. The summed E-state index contributed by atoms with van der Waals surface area (Å²) in [4.78, 5) is 6.12. The number of primary sulfonamides is 1. The molecule has 1 aliphatic rings. The van der Waals surface area contributed by atoms with Crippen molar-refractivity contribution in [3.63, 3.8) is 0 Å². The third kappa shape index (κ3) is 3.52. The normalized spacial score (nSPS) is 18.6. The third-order valence-electron chi connectivity index (χ3n) is 3.27. The van der Waals surface area contributed by atoms with Gasteiger partial charge in [-0.3, -0.25) is 0 Å². The minimum atomic E-state index is -3.69. The first-order valence-corrected chi connectivity index (χ1v) is 9.32. The van der Waals surface area contributed by atoms with Crippen molar-refractivity contribution in [3.8, 4) is 5.75 Å². The largest absolute Gasteiger partial charge is 0.488 e. The molecule has 1 fully saturated rings. The van der Waals surface area contributed by atoms with Gasteiger partial charge in [0.2, 0.25) is 10.0 Å². The van der Waals surface area contributed by atoms with Gasteiger partial charge in [0.05, 0.1) is 12.7 Å². The van der Waals surface area contributed by atoms with Crippen LogP contribution in [0.3, 0.4) is 0 Å². The fourth-order valence-corrected chi connectivity index (χ4v) is 4.01. The Kier molecular flexibility index (Phi) is 4.26. The average Bonchev–Trinajstić information content (AvgIpc) is 3.06. The van der Waals surface area contributed by atoms with Gasteiger partial charge in [-0.15, -0.1) is 0 Å². The van der Waals surface area contributed by atoms with Crippen LogP contribution in [0.25, 0.3) is 0 Å². The van der Waals surface area contributed by atoms with Crippen molar-refractivity contribution in [3.05, 3.63) is 35.5 Å². The Morgan fingerprint density at radius 2 is 2.27 bits per heavy atom. The Hall–Kier alpha value is -1.35. The van der Waals surface area contributed by atoms with Gasteiger partial charge in [0, 0.05) is 18.0 Å². The van der Waals surface area contributed by atoms with Crippen molar-refractivity contribution in [1.29, 1.82) is 0 Å². The predicted octanol–water partition coefficient (Wildman–Crippen LogP) is 2.10. The highest BCUT2D eigenvalue weighted by Gasteiger charge is 2.27. The van der Waals surface area contributed by atoms with Gasteiger partial charge in [-0.2, -0.15) is 0 Å². The second-order valence-electron chi connectivity index (χ2n) is 4.94. The SMILES string of the molecule is NS(=O)(=O)c1cnc(N2CCC(Oc3cccc(Cl)c3)C2)s1. The van der Waals surface area contributed by atoms with Crippen molar-refractivity contribution in [2.45, 2.75) is 16.7 Å². The molecule has 1 aromatic heterocycles. The lowest BCUT2D eigenvalue weighted by Crippen LogP contribution is -2.24. The standard InChI is InChI=1S/C13H14ClN3O3S2/c14-9-2-1-3-10(6-9)20-11-4-5-17(8-11)13-16-7-12(21-13)22(15,18)19/h1-3,6-7,11H,4-5,8H2,(H2,15,18,19). The lowest BCUT2D eigenvalue weighted by molar-refractivity contribution is 0.225. The molecule has 3 rings (SSSR count). The first-order chi connectivity index (χ1) is 10.4. The van der Waals surface area contributed by atoms with Gasteiger partial charge in [-0.1, -0.05) is 29.0 Å². The molecule has 1 aromatic carbocycles. The second kappa shape index (κ2) is 6.04. The van der Waals surface area contributed by atoms with Crippen LogP contribution in [0, 0.1) is 0 Å². The van der Waals surface area contributed by atoms with Gasteiger partial charge >= 0.3 is 0 Å². The van der Waals surface area contributed by atoms with E-state index in [2.05, 4.69) is 4.98 Å². The Morgan fingerprint density at radius 1 is 1.45 bits per heavy atom. The minimum absolute atomic E-state index is 0.0142. The van der Waals surface area contributed by atoms with Crippen LogP contribution >= 0.6 is 22.9 Å². The maximum atomic E-state index is 11.3. The highest BCUT2D eigenvalue weighted by Crippen LogP contribution is 2.29. The molecule has 1 aliphatic heterocycles. The number of benzene rings is 1. The van der Waals surface area contributed by atoms with E-state index in [0.29, 0.717) is 16.7 Å². The monoisotopic (exact) mass is 359 g/mol. The number of thiazole rings is 1. The molecule has 1 atom stereocenters. The van der Waals surface area contributed by atoms with E-state index in [0.717, 1.165) is 30.1 Å². The molecular weight excluding hydrogens is 346 g/mol. The molecule has 1 saturated heterocycles. The van der Waals surface area contributed by atoms with Crippen LogP contribution in [0.1, 0.15) is 6.42 Å². The first kappa shape index (κ1) is 15.5. The lowest BCUT2D eigenvalue weighted by Gasteiger charge is -2.16. The number of hydrogen-bond donors (Lipinski definition) is 1. The summed E-state index contributed by atoms with van der Waals surface area (Å²) < 4.78 is 28.5. The van der Waals surface area contributed by atoms with Crippen LogP contribution in [-0.2, 0) is 10.0 Å². The van der Waals surface area contributed by atoms with Crippen LogP contribution in [0.2, 0.25) is 5.02 Å². The van der Waals surface area contributed by atoms with E-state index in [1.165, 1.54) is 6.20 Å². The van der Waals surface area contributed by atoms with Crippen molar-refractivity contribution in [1.82, 2.24) is 4.98 Å². The molecule has 2 N–H and O–H groups in total. The summed E-state index contributed by atoms with van der Waals surface area (Å²) in [7, 11) is -3.69. The van der Waals surface area contributed by atoms with Crippen LogP contribution in [0.15, 0.2) is 34.7 Å². The van der Waals surface area contributed by atoms with Crippen LogP contribution in [0.5, 0.6) is 5.75 Å². The van der Waals surface area contributed by atoms with E-state index >= 15 is 0 Å². The van der Waals surface area contributed by atoms with Crippen molar-refractivity contribution >= 4 is 38.1 Å². The van der Waals surface area contributed by atoms with Crippen LogP contribution in [0.4, 0.5) is 5.13 Å². The van der Waals surface area contributed by atoms with E-state index < -0.39 is 10.0 Å². The minimum Gasteiger partial charge on any atom is -0.488 e. The zero-order valence-corrected chi connectivity index (χ0v) is 13.9. The fourth-order valence-electron chi connectivity index (χ4n) is 2.26. The molecule has 22 heavy (non-hydrogen) atoms. The number of halogens is 1. The zero-order chi connectivity index (χ0) is 15.7. The average molecular weight is 360 g/mol. The number of nitrogens with two attached hydrogens (primary N) is 1. The van der Waals surface area contributed by atoms with Gasteiger partial charge in [-0.05, 0) is 18.2 Å². The number of rotatable bonds is 4. The fraction of sp³-hybridized carbons (Fsp3) is 0.308. The Balaban J connectivity index is 1.66. The molecule has 2 heterocycles. The Morgan fingerprint density at radius 3 is 2.95 bits per heavy atom. The molecule has 0 spiro atoms. The molecule has 0 bridgehead atoms. The summed E-state index contributed by atoms with van der Waals surface area (Å²) in [5.41, 5.74) is 0. The summed E-state index contributed by atoms with van der Waals surface area (Å²) in [6, 6.07) is 7.26. The molecule has 9 heteroatoms. The van der Waals surface area contributed by atoms with Crippen molar-refractivity contribution in [2.75, 3.05) is 18.0 Å². The molecule has 2 aromatic rings. The topological polar surface area (TPSA) is 85.5 Å². The Labute approximate surface area is 137 Å². The van der Waals surface area contributed by atoms with Crippen LogP contribution < -0.4 is 14.8 Å². The highest BCUT2D eigenvalue weighted by molar-refractivity contribution is 7.91. The number of hydrogen-bond acceptors (Lipinski definition) is 6. The van der Waals surface area contributed by atoms with Gasteiger partial charge in [0.1, 0.15) is 11.9 Å². The first-order valence-electron chi connectivity index (χ1n) is 6.57. The molecule has 0 radical (unpaired) electrons. The van der Waals surface area contributed by atoms with E-state index in [4.69, 9.17) is 21.5 Å². The molecule has 118 valence electrons. The van der Waals surface area contributed by atoms with E-state index in [1.807, 2.05) is 17.0 Å². The third-order valence-corrected chi connectivity index (χ3v) is 5.97. The summed E-state index contributed by atoms with van der Waals surface area (Å²) in [5.74, 6) is 0.726. The number of aromatic nitrogens is 1. The summed E-state index contributed by atoms with van der Waals surface area (Å²) >= 11 is 7.01. The van der Waals surface area contributed by atoms with Crippen molar-refractivity contribution < 1.29 is 13.2 Å². The number of anilines is 1. The summed E-state index contributed by atoms with van der Waals surface area (Å²) in [6.45, 7) is 1.40. The smallest absolute Gasteiger partial charge is 0.249 e. The maximum absolute atomic E-state index is 11.3. The second-order valence-corrected chi connectivity index (χ2v) is 8.17. The molecule has 0 amide bonds. The number of ether oxygens (including phenoxy) is 1. The van der Waals surface area contributed by atoms with Gasteiger partial charge in [-0.25, -0.2) is 18.5 Å². The molecule has 6 nitrogen and oxygen atoms in total. The maximum Gasteiger partial charge on any atom is 0.249 e. The zero-order valence-electron chi connectivity index (χ0n) is 11.5. The van der Waals surface area contributed by atoms with E-state index in [9.17, 15) is 8.42 Å². The summed E-state index contributed by atoms with van der Waals surface area (Å²) in [6.07, 6.45) is 2.14. The van der Waals surface area contributed by atoms with Crippen LogP contribution in [-0.4, -0.2) is 32.6 Å². The lowest BCUT2D eigenvalue weighted by atomic mass is 10.3. The highest BCUT2D eigenvalue weighted by atomic mass is 35.5. The quantitative estimate of drug-likeness (QED) is 0.903.